The summed E-state index contributed by atoms with van der Waals surface area (Å²) in [5.41, 5.74) is -0.140. The number of benzene rings is 3. The number of carbonyl (C=O) groups is 2. The minimum atomic E-state index is -2.03. The van der Waals surface area contributed by atoms with E-state index in [-0.39, 0.29) is 0 Å². The van der Waals surface area contributed by atoms with Gasteiger partial charge in [-0.3, -0.25) is 14.4 Å². The number of nitrogens with zero attached hydrogens (tertiary/aromatic N) is 1. The first-order chi connectivity index (χ1) is 16.1. The Morgan fingerprint density at radius 2 is 1.31 bits per heavy atom. The normalized spacial score (nSPS) is 22.5. The maximum atomic E-state index is 13.5. The van der Waals surface area contributed by atoms with Crippen LogP contribution in [0.25, 0.3) is 0 Å². The van der Waals surface area contributed by atoms with E-state index in [1.165, 1.54) is 19.3 Å². The summed E-state index contributed by atoms with van der Waals surface area (Å²) in [5, 5.41) is 1.53. The highest BCUT2D eigenvalue weighted by Crippen LogP contribution is 2.53. The molecule has 0 bridgehead atoms. The van der Waals surface area contributed by atoms with Gasteiger partial charge in [0.1, 0.15) is 12.1 Å². The molecular formula is C26H25NO5. The van der Waals surface area contributed by atoms with Gasteiger partial charge in [-0.2, -0.15) is 0 Å². The van der Waals surface area contributed by atoms with Crippen LogP contribution in [0.1, 0.15) is 31.0 Å². The number of anilines is 1. The number of hydrogen-bond acceptors (Lipinski definition) is 6. The molecule has 0 amide bonds. The zero-order valence-electron chi connectivity index (χ0n) is 18.9. The fraction of sp³-hybridized carbons (Fsp3) is 0.231. The van der Waals surface area contributed by atoms with Gasteiger partial charge in [0.2, 0.25) is 0 Å². The highest BCUT2D eigenvalue weighted by Gasteiger charge is 2.62. The molecule has 164 valence electrons. The number of hydrogen-bond donors (Lipinski definition) is 0. The quantitative estimate of drug-likeness (QED) is 0.432. The van der Waals surface area contributed by atoms with Crippen LogP contribution in [0.5, 0.6) is 0 Å². The average Bonchev–Trinajstić information content (AvgIpc) is 2.89. The molecule has 0 unspecified atom stereocenters. The number of methoxy groups -OCH3 is 2. The zero-order valence-corrected chi connectivity index (χ0v) is 17.9. The van der Waals surface area contributed by atoms with Crippen molar-refractivity contribution in [3.05, 3.63) is 102 Å². The van der Waals surface area contributed by atoms with Crippen LogP contribution in [0.2, 0.25) is 0 Å². The molecule has 1 saturated heterocycles. The number of para-hydroxylation sites is 1. The van der Waals surface area contributed by atoms with Crippen molar-refractivity contribution < 1.29 is 25.3 Å². The number of carbonyl (C=O) groups excluding carboxylic acids is 2. The third kappa shape index (κ3) is 3.74. The molecule has 0 N–H and O–H groups in total. The Labute approximate surface area is 188 Å². The second-order valence-electron chi connectivity index (χ2n) is 7.43. The van der Waals surface area contributed by atoms with Gasteiger partial charge >= 0.3 is 11.9 Å². The molecule has 3 aromatic rings. The van der Waals surface area contributed by atoms with Crippen LogP contribution in [0.4, 0.5) is 5.69 Å². The summed E-state index contributed by atoms with van der Waals surface area (Å²) in [6, 6.07) is 26.3. The highest BCUT2D eigenvalue weighted by molar-refractivity contribution is 6.02. The zero-order chi connectivity index (χ0) is 23.4. The lowest BCUT2D eigenvalue weighted by molar-refractivity contribution is -0.186. The molecule has 6 heteroatoms. The molecule has 0 spiro atoms. The van der Waals surface area contributed by atoms with Crippen molar-refractivity contribution in [2.24, 2.45) is 5.41 Å². The van der Waals surface area contributed by atoms with Gasteiger partial charge in [-0.25, -0.2) is 5.06 Å². The van der Waals surface area contributed by atoms with Gasteiger partial charge in [-0.05, 0) is 23.3 Å². The van der Waals surface area contributed by atoms with Gasteiger partial charge in [-0.15, -0.1) is 0 Å². The van der Waals surface area contributed by atoms with Crippen LogP contribution in [0.15, 0.2) is 91.0 Å². The lowest BCUT2D eigenvalue weighted by Gasteiger charge is -2.49. The van der Waals surface area contributed by atoms with Crippen molar-refractivity contribution in [3.63, 3.8) is 0 Å². The third-order valence-electron chi connectivity index (χ3n) is 5.61. The van der Waals surface area contributed by atoms with Gasteiger partial charge in [0.15, 0.2) is 5.41 Å². The molecule has 1 aliphatic heterocycles. The fourth-order valence-electron chi connectivity index (χ4n) is 4.13. The predicted octanol–water partition coefficient (Wildman–Crippen LogP) is 4.64. The molecular weight excluding hydrogens is 406 g/mol. The van der Waals surface area contributed by atoms with Crippen molar-refractivity contribution in [2.75, 3.05) is 19.3 Å². The Hall–Kier alpha value is -3.64. The van der Waals surface area contributed by atoms with Gasteiger partial charge in [0, 0.05) is 7.77 Å². The van der Waals surface area contributed by atoms with Crippen molar-refractivity contribution in [2.45, 2.75) is 18.5 Å². The highest BCUT2D eigenvalue weighted by atomic mass is 16.7. The third-order valence-corrected chi connectivity index (χ3v) is 5.61. The molecule has 1 heterocycles. The molecule has 0 aliphatic carbocycles. The van der Waals surface area contributed by atoms with Crippen LogP contribution in [-0.2, 0) is 23.9 Å². The summed E-state index contributed by atoms with van der Waals surface area (Å²) in [7, 11) is 2.42. The van der Waals surface area contributed by atoms with E-state index in [0.29, 0.717) is 16.8 Å². The Bertz CT molecular complexity index is 1080. The van der Waals surface area contributed by atoms with Crippen molar-refractivity contribution in [1.82, 2.24) is 0 Å². The predicted molar refractivity (Wildman–Crippen MR) is 119 cm³/mol. The average molecular weight is 432 g/mol. The molecule has 1 aliphatic rings. The minimum Gasteiger partial charge on any atom is -0.468 e. The topological polar surface area (TPSA) is 65.1 Å². The standard InChI is InChI=1S/C26H25NO5/c1-30-24(28)26(25(29)31-2)18-22(19-12-6-3-7-13-19)32-27(21-16-10-5-11-17-21)23(26)20-14-8-4-9-15-20/h3-17,22-23H,18H2,1-2H3/t22-,23-/m1/s1/i18D/t18-,22+,23+/m0. The molecule has 0 radical (unpaired) electrons. The van der Waals surface area contributed by atoms with E-state index in [1.54, 1.807) is 36.4 Å². The van der Waals surface area contributed by atoms with Crippen molar-refractivity contribution in [3.8, 4) is 0 Å². The van der Waals surface area contributed by atoms with Crippen LogP contribution in [0, 0.1) is 5.41 Å². The molecule has 3 atom stereocenters. The van der Waals surface area contributed by atoms with Crippen LogP contribution < -0.4 is 5.06 Å². The monoisotopic (exact) mass is 432 g/mol. The largest absolute Gasteiger partial charge is 0.468 e. The van der Waals surface area contributed by atoms with Gasteiger partial charge in [0.05, 0.1) is 19.9 Å². The van der Waals surface area contributed by atoms with Crippen LogP contribution >= 0.6 is 0 Å². The Kier molecular flexibility index (Phi) is 5.85. The maximum Gasteiger partial charge on any atom is 0.325 e. The van der Waals surface area contributed by atoms with Crippen molar-refractivity contribution >= 4 is 17.6 Å². The van der Waals surface area contributed by atoms with Crippen LogP contribution in [-0.4, -0.2) is 26.2 Å². The summed E-state index contributed by atoms with van der Waals surface area (Å²) >= 11 is 0. The Balaban J connectivity index is 2.02. The summed E-state index contributed by atoms with van der Waals surface area (Å²) < 4.78 is 19.5. The summed E-state index contributed by atoms with van der Waals surface area (Å²) in [6.07, 6.45) is -2.30. The van der Waals surface area contributed by atoms with E-state index in [0.717, 1.165) is 0 Å². The number of esters is 2. The second kappa shape index (κ2) is 9.24. The molecule has 32 heavy (non-hydrogen) atoms. The fourth-order valence-corrected chi connectivity index (χ4v) is 4.13. The second-order valence-corrected chi connectivity index (χ2v) is 7.43. The number of ether oxygens (including phenoxy) is 2. The van der Waals surface area contributed by atoms with Gasteiger partial charge in [0.25, 0.3) is 0 Å². The lowest BCUT2D eigenvalue weighted by Crippen LogP contribution is -2.56. The SMILES string of the molecule is [2H][C@H]1[C@H](c2ccccc2)ON(c2ccccc2)[C@H](c2ccccc2)C1(C(=O)OC)C(=O)OC. The van der Waals surface area contributed by atoms with E-state index >= 15 is 0 Å². The first-order valence-corrected chi connectivity index (χ1v) is 10.3. The first kappa shape index (κ1) is 20.3. The smallest absolute Gasteiger partial charge is 0.325 e. The van der Waals surface area contributed by atoms with E-state index < -0.39 is 35.9 Å². The minimum absolute atomic E-state index is 0.612. The van der Waals surface area contributed by atoms with Gasteiger partial charge in [-0.1, -0.05) is 78.9 Å². The molecule has 1 fully saturated rings. The lowest BCUT2D eigenvalue weighted by atomic mass is 9.70. The molecule has 0 saturated carbocycles. The summed E-state index contributed by atoms with van der Waals surface area (Å²) in [4.78, 5) is 33.4. The number of hydroxylamine groups is 1. The molecule has 3 aromatic carbocycles. The van der Waals surface area contributed by atoms with E-state index in [2.05, 4.69) is 0 Å². The maximum absolute atomic E-state index is 13.5. The first-order valence-electron chi connectivity index (χ1n) is 10.8. The molecule has 4 rings (SSSR count). The van der Waals surface area contributed by atoms with Gasteiger partial charge < -0.3 is 9.47 Å². The van der Waals surface area contributed by atoms with E-state index in [1.807, 2.05) is 54.6 Å². The Morgan fingerprint density at radius 3 is 1.81 bits per heavy atom. The molecule has 6 nitrogen and oxygen atoms in total. The summed E-state index contributed by atoms with van der Waals surface area (Å²) in [5.74, 6) is -1.71. The molecule has 0 aromatic heterocycles. The van der Waals surface area contributed by atoms with Crippen molar-refractivity contribution in [1.29, 1.82) is 0 Å². The Morgan fingerprint density at radius 1 is 0.844 bits per heavy atom. The van der Waals surface area contributed by atoms with Crippen LogP contribution in [0.3, 0.4) is 0 Å². The van der Waals surface area contributed by atoms with E-state index in [4.69, 9.17) is 14.3 Å². The van der Waals surface area contributed by atoms with E-state index in [9.17, 15) is 11.0 Å². The number of rotatable bonds is 5. The summed E-state index contributed by atoms with van der Waals surface area (Å²) in [6.45, 7) is 0.